The van der Waals surface area contributed by atoms with E-state index in [0.29, 0.717) is 12.2 Å². The average Bonchev–Trinajstić information content (AvgIpc) is 2.26. The van der Waals surface area contributed by atoms with E-state index < -0.39 is 16.6 Å². The van der Waals surface area contributed by atoms with Crippen LogP contribution in [0.5, 0.6) is 0 Å². The smallest absolute Gasteiger partial charge is 0.124 e. The van der Waals surface area contributed by atoms with E-state index in [1.165, 1.54) is 18.2 Å². The highest BCUT2D eigenvalue weighted by atomic mass is 32.2. The van der Waals surface area contributed by atoms with Gasteiger partial charge in [0, 0.05) is 28.9 Å². The molecule has 0 amide bonds. The van der Waals surface area contributed by atoms with Crippen LogP contribution in [0.3, 0.4) is 0 Å². The van der Waals surface area contributed by atoms with E-state index in [1.54, 1.807) is 6.26 Å². The number of anilines is 1. The van der Waals surface area contributed by atoms with E-state index in [-0.39, 0.29) is 10.8 Å². The van der Waals surface area contributed by atoms with Gasteiger partial charge in [-0.3, -0.25) is 4.21 Å². The molecule has 1 N–H and O–H groups in total. The summed E-state index contributed by atoms with van der Waals surface area (Å²) in [5.41, 5.74) is 0.829. The largest absolute Gasteiger partial charge is 0.383 e. The van der Waals surface area contributed by atoms with Crippen LogP contribution in [-0.4, -0.2) is 22.3 Å². The molecule has 0 aliphatic rings. The highest BCUT2D eigenvalue weighted by molar-refractivity contribution is 7.84. The number of nitrogens with one attached hydrogen (secondary N) is 1. The number of hydrogen-bond acceptors (Lipinski definition) is 3. The van der Waals surface area contributed by atoms with Crippen molar-refractivity contribution in [1.82, 2.24) is 0 Å². The van der Waals surface area contributed by atoms with Crippen LogP contribution < -0.4 is 5.32 Å². The first-order valence-corrected chi connectivity index (χ1v) is 6.42. The van der Waals surface area contributed by atoms with Crippen LogP contribution in [-0.2, 0) is 10.8 Å². The van der Waals surface area contributed by atoms with Gasteiger partial charge in [0.05, 0.1) is 11.3 Å². The molecule has 0 bridgehead atoms. The molecule has 1 rings (SSSR count). The minimum atomic E-state index is -0.916. The summed E-state index contributed by atoms with van der Waals surface area (Å²) in [4.78, 5) is 0. The molecule has 16 heavy (non-hydrogen) atoms. The quantitative estimate of drug-likeness (QED) is 0.874. The molecule has 0 heterocycles. The molecule has 0 fully saturated rings. The minimum absolute atomic E-state index is 0.0170. The Morgan fingerprint density at radius 3 is 2.88 bits per heavy atom. The number of rotatable bonds is 4. The molecule has 0 aliphatic carbocycles. The number of halogens is 1. The van der Waals surface area contributed by atoms with Crippen LogP contribution >= 0.6 is 0 Å². The molecular formula is C11H13FN2OS. The number of nitrogens with zero attached hydrogens (tertiary/aromatic N) is 1. The van der Waals surface area contributed by atoms with Crippen LogP contribution in [0.15, 0.2) is 18.2 Å². The van der Waals surface area contributed by atoms with Crippen LogP contribution in [0.1, 0.15) is 12.5 Å². The standard InChI is InChI=1S/C11H13FN2OS/c1-8(16(2)15)7-14-11-4-3-10(12)5-9(11)6-13/h3-5,8,14H,7H2,1-2H3. The normalized spacial score (nSPS) is 13.9. The third kappa shape index (κ3) is 3.31. The van der Waals surface area contributed by atoms with E-state index in [1.807, 2.05) is 13.0 Å². The number of nitriles is 1. The van der Waals surface area contributed by atoms with Crippen molar-refractivity contribution in [2.24, 2.45) is 0 Å². The minimum Gasteiger partial charge on any atom is -0.383 e. The Labute approximate surface area is 96.7 Å². The van der Waals surface area contributed by atoms with Gasteiger partial charge in [-0.15, -0.1) is 0 Å². The van der Waals surface area contributed by atoms with Crippen LogP contribution in [0.4, 0.5) is 10.1 Å². The molecule has 2 atom stereocenters. The van der Waals surface area contributed by atoms with Gasteiger partial charge in [-0.25, -0.2) is 4.39 Å². The van der Waals surface area contributed by atoms with Crippen molar-refractivity contribution in [3.8, 4) is 6.07 Å². The predicted molar refractivity (Wildman–Crippen MR) is 63.1 cm³/mol. The van der Waals surface area contributed by atoms with Gasteiger partial charge < -0.3 is 5.32 Å². The van der Waals surface area contributed by atoms with Crippen LogP contribution in [0.25, 0.3) is 0 Å². The zero-order valence-electron chi connectivity index (χ0n) is 9.16. The van der Waals surface area contributed by atoms with Gasteiger partial charge in [-0.05, 0) is 25.1 Å². The Morgan fingerprint density at radius 1 is 1.62 bits per heavy atom. The van der Waals surface area contributed by atoms with Gasteiger partial charge >= 0.3 is 0 Å². The van der Waals surface area contributed by atoms with Gasteiger partial charge in [0.1, 0.15) is 11.9 Å². The Bertz CT molecular complexity index is 442. The highest BCUT2D eigenvalue weighted by Gasteiger charge is 2.08. The lowest BCUT2D eigenvalue weighted by Gasteiger charge is -2.12. The zero-order chi connectivity index (χ0) is 12.1. The maximum Gasteiger partial charge on any atom is 0.124 e. The van der Waals surface area contributed by atoms with Gasteiger partial charge in [0.15, 0.2) is 0 Å². The summed E-state index contributed by atoms with van der Waals surface area (Å²) in [5, 5.41) is 11.8. The second kappa shape index (κ2) is 5.61. The van der Waals surface area contributed by atoms with Crippen molar-refractivity contribution in [2.45, 2.75) is 12.2 Å². The van der Waals surface area contributed by atoms with E-state index in [0.717, 1.165) is 0 Å². The monoisotopic (exact) mass is 240 g/mol. The fourth-order valence-electron chi connectivity index (χ4n) is 1.13. The van der Waals surface area contributed by atoms with Crippen LogP contribution in [0, 0.1) is 17.1 Å². The second-order valence-corrected chi connectivity index (χ2v) is 5.29. The summed E-state index contributed by atoms with van der Waals surface area (Å²) in [7, 11) is -0.916. The first kappa shape index (κ1) is 12.7. The Morgan fingerprint density at radius 2 is 2.31 bits per heavy atom. The van der Waals surface area contributed by atoms with Crippen molar-refractivity contribution in [1.29, 1.82) is 5.26 Å². The summed E-state index contributed by atoms with van der Waals surface area (Å²) in [6.45, 7) is 2.34. The first-order valence-electron chi connectivity index (χ1n) is 4.80. The molecule has 86 valence electrons. The number of benzene rings is 1. The SMILES string of the molecule is CC(CNc1ccc(F)cc1C#N)S(C)=O. The lowest BCUT2D eigenvalue weighted by atomic mass is 10.2. The summed E-state index contributed by atoms with van der Waals surface area (Å²) < 4.78 is 24.0. The summed E-state index contributed by atoms with van der Waals surface area (Å²) in [6, 6.07) is 5.89. The van der Waals surface area contributed by atoms with Crippen LogP contribution in [0.2, 0.25) is 0 Å². The van der Waals surface area contributed by atoms with E-state index >= 15 is 0 Å². The van der Waals surface area contributed by atoms with Crippen molar-refractivity contribution in [2.75, 3.05) is 18.1 Å². The average molecular weight is 240 g/mol. The third-order valence-electron chi connectivity index (χ3n) is 2.25. The molecule has 3 nitrogen and oxygen atoms in total. The molecule has 1 aromatic rings. The summed E-state index contributed by atoms with van der Waals surface area (Å²) >= 11 is 0. The summed E-state index contributed by atoms with van der Waals surface area (Å²) in [5.74, 6) is -0.436. The third-order valence-corrected chi connectivity index (χ3v) is 3.55. The maximum absolute atomic E-state index is 12.8. The number of hydrogen-bond donors (Lipinski definition) is 1. The molecule has 0 saturated heterocycles. The van der Waals surface area contributed by atoms with Gasteiger partial charge in [-0.2, -0.15) is 5.26 Å². The summed E-state index contributed by atoms with van der Waals surface area (Å²) in [6.07, 6.45) is 1.63. The van der Waals surface area contributed by atoms with Gasteiger partial charge in [0.2, 0.25) is 0 Å². The molecule has 0 radical (unpaired) electrons. The van der Waals surface area contributed by atoms with Gasteiger partial charge in [-0.1, -0.05) is 0 Å². The molecule has 0 spiro atoms. The molecule has 0 aliphatic heterocycles. The van der Waals surface area contributed by atoms with E-state index in [4.69, 9.17) is 5.26 Å². The fraction of sp³-hybridized carbons (Fsp3) is 0.364. The molecule has 2 unspecified atom stereocenters. The zero-order valence-corrected chi connectivity index (χ0v) is 9.97. The lowest BCUT2D eigenvalue weighted by molar-refractivity contribution is 0.627. The van der Waals surface area contributed by atoms with Crippen molar-refractivity contribution < 1.29 is 8.60 Å². The Kier molecular flexibility index (Phi) is 4.44. The molecule has 1 aromatic carbocycles. The van der Waals surface area contributed by atoms with E-state index in [9.17, 15) is 8.60 Å². The predicted octanol–water partition coefficient (Wildman–Crippen LogP) is 1.88. The molecule has 5 heteroatoms. The van der Waals surface area contributed by atoms with E-state index in [2.05, 4.69) is 5.32 Å². The molecule has 0 aromatic heterocycles. The van der Waals surface area contributed by atoms with Crippen molar-refractivity contribution >= 4 is 16.5 Å². The van der Waals surface area contributed by atoms with Crippen molar-refractivity contribution in [3.05, 3.63) is 29.6 Å². The molecular weight excluding hydrogens is 227 g/mol. The first-order chi connectivity index (χ1) is 7.54. The molecule has 0 saturated carbocycles. The Balaban J connectivity index is 2.75. The fourth-order valence-corrected chi connectivity index (χ4v) is 1.45. The Hall–Kier alpha value is -1.41. The topological polar surface area (TPSA) is 52.9 Å². The highest BCUT2D eigenvalue weighted by Crippen LogP contribution is 2.16. The van der Waals surface area contributed by atoms with Crippen molar-refractivity contribution in [3.63, 3.8) is 0 Å². The second-order valence-electron chi connectivity index (χ2n) is 3.49. The van der Waals surface area contributed by atoms with Gasteiger partial charge in [0.25, 0.3) is 0 Å². The maximum atomic E-state index is 12.8. The lowest BCUT2D eigenvalue weighted by Crippen LogP contribution is -2.21.